The van der Waals surface area contributed by atoms with Gasteiger partial charge in [0.25, 0.3) is 0 Å². The molecule has 0 spiro atoms. The smallest absolute Gasteiger partial charge is 1.00 e. The zero-order chi connectivity index (χ0) is 5.11. The van der Waals surface area contributed by atoms with E-state index in [1.807, 2.05) is 15.0 Å². The van der Waals surface area contributed by atoms with Gasteiger partial charge in [-0.15, -0.1) is 0 Å². The third-order valence-corrected chi connectivity index (χ3v) is 2.71. The third kappa shape index (κ3) is 2.39. The fourth-order valence-electron chi connectivity index (χ4n) is 0.332. The van der Waals surface area contributed by atoms with E-state index < -0.39 is 0 Å². The molecule has 1 heterocycles. The Bertz CT molecular complexity index is 127. The van der Waals surface area contributed by atoms with Gasteiger partial charge in [0, 0.05) is 0 Å². The monoisotopic (exact) mass is 168 g/mol. The predicted octanol–water partition coefficient (Wildman–Crippen LogP) is -1.49. The maximum Gasteiger partial charge on any atom is 1.00 e. The van der Waals surface area contributed by atoms with Crippen molar-refractivity contribution < 1.29 is 33.8 Å². The van der Waals surface area contributed by atoms with Gasteiger partial charge in [0.05, 0.1) is 0 Å². The van der Waals surface area contributed by atoms with Gasteiger partial charge in [-0.05, 0) is 0 Å². The Morgan fingerprint density at radius 2 is 2.38 bits per heavy atom. The van der Waals surface area contributed by atoms with Crippen LogP contribution in [-0.4, -0.2) is 0 Å². The Kier molecular flexibility index (Phi) is 5.15. The van der Waals surface area contributed by atoms with Gasteiger partial charge in [0.15, 0.2) is 0 Å². The molecule has 0 aliphatic rings. The Morgan fingerprint density at radius 3 is 2.62 bits per heavy atom. The van der Waals surface area contributed by atoms with Crippen molar-refractivity contribution in [3.63, 3.8) is 0 Å². The van der Waals surface area contributed by atoms with Crippen molar-refractivity contribution in [2.24, 2.45) is 0 Å². The predicted molar refractivity (Wildman–Crippen MR) is 29.8 cm³/mol. The minimum atomic E-state index is 0. The first-order valence-electron chi connectivity index (χ1n) is 1.85. The van der Waals surface area contributed by atoms with E-state index in [4.69, 9.17) is 0 Å². The third-order valence-electron chi connectivity index (χ3n) is 0.613. The minimum absolute atomic E-state index is 0. The largest absolute Gasteiger partial charge is 1.00 e. The SMILES string of the molecule is [CH3][Cu-][c]1cccs1.[Li+]. The standard InChI is InChI=1S/C4H3S.CH3.Cu.Li/c1-2-4-5-3-1;;;/h1-3H;1H3;;/q;;-1;+1. The van der Waals surface area contributed by atoms with Crippen LogP contribution in [0.1, 0.15) is 0 Å². The molecule has 0 fully saturated rings. The second-order valence-electron chi connectivity index (χ2n) is 1.03. The molecule has 3 heteroatoms. The van der Waals surface area contributed by atoms with Gasteiger partial charge >= 0.3 is 72.3 Å². The molecule has 0 radical (unpaired) electrons. The molecule has 0 unspecified atom stereocenters. The van der Waals surface area contributed by atoms with Crippen molar-refractivity contribution in [3.05, 3.63) is 17.5 Å². The van der Waals surface area contributed by atoms with Crippen molar-refractivity contribution in [2.45, 2.75) is 5.82 Å². The zero-order valence-corrected chi connectivity index (χ0v) is 6.70. The summed E-state index contributed by atoms with van der Waals surface area (Å²) in [5, 5.41) is 2.09. The average molecular weight is 169 g/mol. The van der Waals surface area contributed by atoms with Crippen molar-refractivity contribution in [1.29, 1.82) is 0 Å². The van der Waals surface area contributed by atoms with Crippen LogP contribution < -0.4 is 22.6 Å². The molecule has 0 saturated heterocycles. The number of hydrogen-bond acceptors (Lipinski definition) is 1. The van der Waals surface area contributed by atoms with Gasteiger partial charge in [0.1, 0.15) is 0 Å². The van der Waals surface area contributed by atoms with Crippen LogP contribution in [0.3, 0.4) is 0 Å². The van der Waals surface area contributed by atoms with Gasteiger partial charge < -0.3 is 0 Å². The summed E-state index contributed by atoms with van der Waals surface area (Å²) >= 11 is 3.65. The summed E-state index contributed by atoms with van der Waals surface area (Å²) in [6.07, 6.45) is 0. The molecule has 0 nitrogen and oxygen atoms in total. The fourth-order valence-corrected chi connectivity index (χ4v) is 1.61. The second kappa shape index (κ2) is 4.67. The molecule has 0 aliphatic heterocycles. The van der Waals surface area contributed by atoms with E-state index in [0.29, 0.717) is 0 Å². The number of hydrogen-bond donors (Lipinski definition) is 0. The summed E-state index contributed by atoms with van der Waals surface area (Å²) in [5.74, 6) is 2.08. The van der Waals surface area contributed by atoms with E-state index >= 15 is 0 Å². The average Bonchev–Trinajstić information content (AvgIpc) is 2.14. The van der Waals surface area contributed by atoms with Crippen LogP contribution in [0.15, 0.2) is 17.5 Å². The van der Waals surface area contributed by atoms with Crippen LogP contribution in [0, 0.1) is 0 Å². The summed E-state index contributed by atoms with van der Waals surface area (Å²) in [7, 11) is 0. The Hall–Kier alpha value is 0.817. The molecular weight excluding hydrogens is 163 g/mol. The van der Waals surface area contributed by atoms with Crippen LogP contribution in [0.2, 0.25) is 5.82 Å². The van der Waals surface area contributed by atoms with Crippen molar-refractivity contribution in [2.75, 3.05) is 0 Å². The van der Waals surface area contributed by atoms with Crippen molar-refractivity contribution >= 4 is 15.1 Å². The topological polar surface area (TPSA) is 0 Å². The molecule has 8 heavy (non-hydrogen) atoms. The van der Waals surface area contributed by atoms with E-state index in [-0.39, 0.29) is 18.9 Å². The molecule has 0 bridgehead atoms. The minimum Gasteiger partial charge on any atom is 1.00 e. The summed E-state index contributed by atoms with van der Waals surface area (Å²) in [4.78, 5) is 0. The van der Waals surface area contributed by atoms with Crippen LogP contribution in [0.4, 0.5) is 0 Å². The Balaban J connectivity index is 0.000000490. The molecule has 1 rings (SSSR count). The molecule has 0 saturated carbocycles. The zero-order valence-electron chi connectivity index (χ0n) is 4.94. The van der Waals surface area contributed by atoms with Gasteiger partial charge in [-0.2, -0.15) is 0 Å². The molecule has 0 amide bonds. The first kappa shape index (κ1) is 8.82. The first-order chi connectivity index (χ1) is 3.43. The number of rotatable bonds is 1. The summed E-state index contributed by atoms with van der Waals surface area (Å²) in [6, 6.07) is 4.18. The van der Waals surface area contributed by atoms with Crippen LogP contribution in [0.25, 0.3) is 0 Å². The number of thiophene rings is 1. The fraction of sp³-hybridized carbons (Fsp3) is 0.200. The van der Waals surface area contributed by atoms with Gasteiger partial charge in [-0.25, -0.2) is 0 Å². The van der Waals surface area contributed by atoms with Gasteiger partial charge in [-0.3, -0.25) is 0 Å². The van der Waals surface area contributed by atoms with Gasteiger partial charge in [0.2, 0.25) is 0 Å². The van der Waals surface area contributed by atoms with Crippen LogP contribution in [0.5, 0.6) is 0 Å². The summed E-state index contributed by atoms with van der Waals surface area (Å²) in [6.45, 7) is 0. The normalized spacial score (nSPS) is 8.62. The maximum absolute atomic E-state index is 2.12. The van der Waals surface area contributed by atoms with E-state index in [2.05, 4.69) is 23.3 Å². The molecule has 0 aromatic carbocycles. The van der Waals surface area contributed by atoms with E-state index in [0.717, 1.165) is 0 Å². The van der Waals surface area contributed by atoms with E-state index in [9.17, 15) is 0 Å². The quantitative estimate of drug-likeness (QED) is 0.449. The van der Waals surface area contributed by atoms with Crippen LogP contribution >= 0.6 is 11.3 Å². The Labute approximate surface area is 72.0 Å². The van der Waals surface area contributed by atoms with Gasteiger partial charge in [-0.1, -0.05) is 0 Å². The van der Waals surface area contributed by atoms with E-state index in [1.54, 1.807) is 11.3 Å². The molecular formula is C5H6CuLiS. The molecule has 44 valence electrons. The molecule has 0 aliphatic carbocycles. The molecule has 0 atom stereocenters. The maximum atomic E-state index is 2.12. The summed E-state index contributed by atoms with van der Waals surface area (Å²) < 4.78 is 1.38. The second-order valence-corrected chi connectivity index (χ2v) is 3.22. The van der Waals surface area contributed by atoms with E-state index in [1.165, 1.54) is 3.78 Å². The molecule has 1 aromatic heterocycles. The van der Waals surface area contributed by atoms with Crippen molar-refractivity contribution in [1.82, 2.24) is 0 Å². The van der Waals surface area contributed by atoms with Crippen LogP contribution in [-0.2, 0) is 15.0 Å². The first-order valence-corrected chi connectivity index (χ1v) is 4.14. The molecule has 1 aromatic rings. The van der Waals surface area contributed by atoms with Crippen molar-refractivity contribution in [3.8, 4) is 0 Å². The Morgan fingerprint density at radius 1 is 1.62 bits per heavy atom. The molecule has 0 N–H and O–H groups in total. The summed E-state index contributed by atoms with van der Waals surface area (Å²) in [5.41, 5.74) is 0.